The summed E-state index contributed by atoms with van der Waals surface area (Å²) in [6.07, 6.45) is 1.25. The maximum absolute atomic E-state index is 11.9. The molecule has 2 amide bonds. The van der Waals surface area contributed by atoms with E-state index in [0.717, 1.165) is 19.4 Å². The van der Waals surface area contributed by atoms with Crippen LogP contribution in [-0.2, 0) is 14.3 Å². The van der Waals surface area contributed by atoms with E-state index < -0.39 is 12.1 Å². The number of carboxylic acid groups (broad SMARTS) is 1. The maximum atomic E-state index is 11.9. The summed E-state index contributed by atoms with van der Waals surface area (Å²) in [5, 5.41) is 11.4. The molecular weight excluding hydrogens is 264 g/mol. The number of carboxylic acids is 1. The van der Waals surface area contributed by atoms with Crippen LogP contribution in [-0.4, -0.2) is 68.6 Å². The molecule has 0 aromatic heterocycles. The summed E-state index contributed by atoms with van der Waals surface area (Å²) in [6.45, 7) is 2.35. The number of methoxy groups -OCH3 is 2. The number of aliphatic carboxylic acids is 1. The molecule has 0 aromatic rings. The fraction of sp³-hybridized carbons (Fsp3) is 0.846. The number of nitrogens with one attached hydrogen (secondary N) is 1. The van der Waals surface area contributed by atoms with Gasteiger partial charge in [0, 0.05) is 40.5 Å². The van der Waals surface area contributed by atoms with Crippen LogP contribution in [0.3, 0.4) is 0 Å². The quantitative estimate of drug-likeness (QED) is 0.714. The molecule has 2 N–H and O–H groups in total. The number of nitrogens with zero attached hydrogens (tertiary/aromatic N) is 1. The number of hydrogen-bond donors (Lipinski definition) is 2. The highest BCUT2D eigenvalue weighted by Crippen LogP contribution is 2.17. The molecule has 7 nitrogen and oxygen atoms in total. The van der Waals surface area contributed by atoms with Gasteiger partial charge in [0.25, 0.3) is 0 Å². The van der Waals surface area contributed by atoms with Crippen LogP contribution in [0.5, 0.6) is 0 Å². The average Bonchev–Trinajstić information content (AvgIpc) is 2.44. The molecule has 0 bridgehead atoms. The molecule has 7 heteroatoms. The molecule has 116 valence electrons. The first-order valence-electron chi connectivity index (χ1n) is 6.83. The zero-order valence-corrected chi connectivity index (χ0v) is 12.1. The Morgan fingerprint density at radius 3 is 2.50 bits per heavy atom. The van der Waals surface area contributed by atoms with Gasteiger partial charge in [0.15, 0.2) is 0 Å². The third kappa shape index (κ3) is 5.75. The third-order valence-electron chi connectivity index (χ3n) is 3.52. The second kappa shape index (κ2) is 8.76. The van der Waals surface area contributed by atoms with Crippen molar-refractivity contribution in [2.24, 2.45) is 5.92 Å². The minimum atomic E-state index is -0.938. The highest BCUT2D eigenvalue weighted by atomic mass is 16.5. The number of rotatable bonds is 7. The van der Waals surface area contributed by atoms with E-state index in [4.69, 9.17) is 14.6 Å². The Labute approximate surface area is 119 Å². The lowest BCUT2D eigenvalue weighted by Gasteiger charge is -2.32. The van der Waals surface area contributed by atoms with Gasteiger partial charge in [-0.25, -0.2) is 4.79 Å². The van der Waals surface area contributed by atoms with Crippen molar-refractivity contribution in [2.75, 3.05) is 40.5 Å². The second-order valence-electron chi connectivity index (χ2n) is 5.03. The van der Waals surface area contributed by atoms with Gasteiger partial charge in [-0.3, -0.25) is 4.79 Å². The van der Waals surface area contributed by atoms with Gasteiger partial charge in [-0.1, -0.05) is 0 Å². The molecule has 0 radical (unpaired) electrons. The van der Waals surface area contributed by atoms with Crippen molar-refractivity contribution in [3.8, 4) is 0 Å². The van der Waals surface area contributed by atoms with Gasteiger partial charge in [0.2, 0.25) is 0 Å². The molecule has 1 heterocycles. The van der Waals surface area contributed by atoms with Crippen molar-refractivity contribution in [1.29, 1.82) is 0 Å². The summed E-state index contributed by atoms with van der Waals surface area (Å²) in [4.78, 5) is 24.3. The van der Waals surface area contributed by atoms with Gasteiger partial charge < -0.3 is 24.8 Å². The fourth-order valence-electron chi connectivity index (χ4n) is 2.28. The number of urea groups is 1. The van der Waals surface area contributed by atoms with E-state index in [2.05, 4.69) is 5.32 Å². The van der Waals surface area contributed by atoms with E-state index in [0.29, 0.717) is 19.0 Å². The predicted octanol–water partition coefficient (Wildman–Crippen LogP) is 0.544. The van der Waals surface area contributed by atoms with Crippen molar-refractivity contribution >= 4 is 12.0 Å². The maximum Gasteiger partial charge on any atom is 0.317 e. The monoisotopic (exact) mass is 288 g/mol. The molecule has 1 rings (SSSR count). The van der Waals surface area contributed by atoms with Crippen LogP contribution < -0.4 is 5.32 Å². The molecule has 1 saturated heterocycles. The van der Waals surface area contributed by atoms with E-state index in [-0.39, 0.29) is 19.0 Å². The Morgan fingerprint density at radius 2 is 2.00 bits per heavy atom. The van der Waals surface area contributed by atoms with E-state index in [1.807, 2.05) is 0 Å². The molecule has 20 heavy (non-hydrogen) atoms. The Kier molecular flexibility index (Phi) is 7.32. The van der Waals surface area contributed by atoms with Crippen molar-refractivity contribution < 1.29 is 24.2 Å². The summed E-state index contributed by atoms with van der Waals surface area (Å²) in [6, 6.07) is -0.159. The highest BCUT2D eigenvalue weighted by molar-refractivity contribution is 5.74. The van der Waals surface area contributed by atoms with Gasteiger partial charge in [0.1, 0.15) is 0 Å². The van der Waals surface area contributed by atoms with Crippen LogP contribution in [0.25, 0.3) is 0 Å². The summed E-state index contributed by atoms with van der Waals surface area (Å²) in [5.41, 5.74) is 0. The number of hydrogen-bond acceptors (Lipinski definition) is 4. The number of likely N-dealkylation sites (tertiary alicyclic amines) is 1. The van der Waals surface area contributed by atoms with Crippen molar-refractivity contribution in [1.82, 2.24) is 10.2 Å². The van der Waals surface area contributed by atoms with Crippen molar-refractivity contribution in [2.45, 2.75) is 25.4 Å². The van der Waals surface area contributed by atoms with Gasteiger partial charge >= 0.3 is 12.0 Å². The Hall–Kier alpha value is -1.34. The summed E-state index contributed by atoms with van der Waals surface area (Å²) in [5.74, 6) is -0.422. The van der Waals surface area contributed by atoms with Gasteiger partial charge in [-0.15, -0.1) is 0 Å². The van der Waals surface area contributed by atoms with Crippen LogP contribution in [0.1, 0.15) is 19.3 Å². The van der Waals surface area contributed by atoms with Crippen molar-refractivity contribution in [3.05, 3.63) is 0 Å². The summed E-state index contributed by atoms with van der Waals surface area (Å²) < 4.78 is 10.1. The molecule has 1 aliphatic rings. The second-order valence-corrected chi connectivity index (χ2v) is 5.03. The molecule has 0 saturated carbocycles. The first kappa shape index (κ1) is 16.7. The highest BCUT2D eigenvalue weighted by Gasteiger charge is 2.23. The minimum Gasteiger partial charge on any atom is -0.481 e. The lowest BCUT2D eigenvalue weighted by atomic mass is 9.98. The topological polar surface area (TPSA) is 88.1 Å². The van der Waals surface area contributed by atoms with E-state index in [1.165, 1.54) is 7.11 Å². The molecule has 1 atom stereocenters. The standard InChI is InChI=1S/C13H24N2O5/c1-19-9-10-3-5-15(6-4-10)13(18)14-8-11(20-2)7-12(16)17/h10-11H,3-9H2,1-2H3,(H,14,18)(H,16,17). The van der Waals surface area contributed by atoms with Crippen molar-refractivity contribution in [3.63, 3.8) is 0 Å². The number of piperidine rings is 1. The smallest absolute Gasteiger partial charge is 0.317 e. The van der Waals surface area contributed by atoms with Crippen LogP contribution in [0.4, 0.5) is 4.79 Å². The van der Waals surface area contributed by atoms with Crippen LogP contribution >= 0.6 is 0 Å². The minimum absolute atomic E-state index is 0.118. The zero-order valence-electron chi connectivity index (χ0n) is 12.1. The number of ether oxygens (including phenoxy) is 2. The van der Waals surface area contributed by atoms with E-state index >= 15 is 0 Å². The summed E-state index contributed by atoms with van der Waals surface area (Å²) >= 11 is 0. The normalized spacial score (nSPS) is 17.8. The lowest BCUT2D eigenvalue weighted by Crippen LogP contribution is -2.47. The Bertz CT molecular complexity index is 316. The molecule has 0 aromatic carbocycles. The SMILES string of the molecule is COCC1CCN(C(=O)NCC(CC(=O)O)OC)CC1. The van der Waals surface area contributed by atoms with Gasteiger partial charge in [0.05, 0.1) is 12.5 Å². The van der Waals surface area contributed by atoms with Crippen LogP contribution in [0.15, 0.2) is 0 Å². The number of carbonyl (C=O) groups is 2. The third-order valence-corrected chi connectivity index (χ3v) is 3.52. The van der Waals surface area contributed by atoms with Gasteiger partial charge in [-0.05, 0) is 18.8 Å². The molecule has 0 spiro atoms. The fourth-order valence-corrected chi connectivity index (χ4v) is 2.28. The molecule has 0 aliphatic carbocycles. The largest absolute Gasteiger partial charge is 0.481 e. The molecule has 1 aliphatic heterocycles. The zero-order chi connectivity index (χ0) is 15.0. The number of carbonyl (C=O) groups excluding carboxylic acids is 1. The van der Waals surface area contributed by atoms with E-state index in [9.17, 15) is 9.59 Å². The van der Waals surface area contributed by atoms with Gasteiger partial charge in [-0.2, -0.15) is 0 Å². The molecule has 1 unspecified atom stereocenters. The lowest BCUT2D eigenvalue weighted by molar-refractivity contribution is -0.139. The Balaban J connectivity index is 2.27. The van der Waals surface area contributed by atoms with Crippen LogP contribution in [0, 0.1) is 5.92 Å². The number of amides is 2. The first-order chi connectivity index (χ1) is 9.56. The van der Waals surface area contributed by atoms with Crippen LogP contribution in [0.2, 0.25) is 0 Å². The molecular formula is C13H24N2O5. The van der Waals surface area contributed by atoms with E-state index in [1.54, 1.807) is 12.0 Å². The Morgan fingerprint density at radius 1 is 1.35 bits per heavy atom. The average molecular weight is 288 g/mol. The first-order valence-corrected chi connectivity index (χ1v) is 6.83. The molecule has 1 fully saturated rings. The summed E-state index contributed by atoms with van der Waals surface area (Å²) in [7, 11) is 3.13. The predicted molar refractivity (Wildman–Crippen MR) is 72.6 cm³/mol.